The highest BCUT2D eigenvalue weighted by Crippen LogP contribution is 2.06. The summed E-state index contributed by atoms with van der Waals surface area (Å²) in [5, 5.41) is 15.2. The first-order chi connectivity index (χ1) is 9.84. The summed E-state index contributed by atoms with van der Waals surface area (Å²) in [5.41, 5.74) is 0.933. The van der Waals surface area contributed by atoms with Crippen molar-refractivity contribution in [2.75, 3.05) is 6.54 Å². The molecule has 0 bridgehead atoms. The summed E-state index contributed by atoms with van der Waals surface area (Å²) in [6.45, 7) is 3.87. The monoisotopic (exact) mass is 295 g/mol. The maximum absolute atomic E-state index is 12.1. The summed E-state index contributed by atoms with van der Waals surface area (Å²) < 4.78 is 1.16. The van der Waals surface area contributed by atoms with Gasteiger partial charge >= 0.3 is 5.97 Å². The minimum Gasteiger partial charge on any atom is -0.481 e. The molecule has 2 N–H and O–H groups in total. The minimum absolute atomic E-state index is 0.121. The predicted molar refractivity (Wildman–Crippen MR) is 77.4 cm³/mol. The van der Waals surface area contributed by atoms with Crippen LogP contribution in [0.4, 0.5) is 0 Å². The molecule has 1 heterocycles. The Morgan fingerprint density at radius 1 is 1.24 bits per heavy atom. The van der Waals surface area contributed by atoms with Crippen molar-refractivity contribution < 1.29 is 14.7 Å². The Bertz CT molecular complexity index is 593. The van der Waals surface area contributed by atoms with E-state index in [2.05, 4.69) is 10.4 Å². The van der Waals surface area contributed by atoms with Crippen molar-refractivity contribution >= 4 is 11.9 Å². The number of carbonyl (C=O) groups excluding carboxylic acids is 1. The van der Waals surface area contributed by atoms with Crippen LogP contribution in [0.15, 0.2) is 4.79 Å². The fourth-order valence-corrected chi connectivity index (χ4v) is 1.98. The average Bonchev–Trinajstić information content (AvgIpc) is 2.40. The molecule has 0 fully saturated rings. The first-order valence-electron chi connectivity index (χ1n) is 6.89. The number of aliphatic carboxylic acids is 1. The fraction of sp³-hybridized carbons (Fsp3) is 0.571. The molecule has 0 unspecified atom stereocenters. The molecule has 7 heteroatoms. The second kappa shape index (κ2) is 7.56. The lowest BCUT2D eigenvalue weighted by molar-refractivity contribution is -0.137. The van der Waals surface area contributed by atoms with Gasteiger partial charge in [-0.3, -0.25) is 14.4 Å². The zero-order chi connectivity index (χ0) is 16.0. The fourth-order valence-electron chi connectivity index (χ4n) is 1.98. The second-order valence-corrected chi connectivity index (χ2v) is 4.97. The van der Waals surface area contributed by atoms with Crippen LogP contribution in [-0.2, 0) is 11.8 Å². The summed E-state index contributed by atoms with van der Waals surface area (Å²) in [6.07, 6.45) is 2.12. The third kappa shape index (κ3) is 4.70. The van der Waals surface area contributed by atoms with Gasteiger partial charge in [-0.1, -0.05) is 6.42 Å². The lowest BCUT2D eigenvalue weighted by atomic mass is 10.1. The molecule has 1 rings (SSSR count). The smallest absolute Gasteiger partial charge is 0.303 e. The number of aromatic nitrogens is 2. The Labute approximate surface area is 123 Å². The van der Waals surface area contributed by atoms with E-state index in [4.69, 9.17) is 5.11 Å². The average molecular weight is 295 g/mol. The van der Waals surface area contributed by atoms with Crippen molar-refractivity contribution in [2.45, 2.75) is 39.5 Å². The van der Waals surface area contributed by atoms with Gasteiger partial charge in [0.25, 0.3) is 11.5 Å². The lowest BCUT2D eigenvalue weighted by Crippen LogP contribution is -2.35. The zero-order valence-electron chi connectivity index (χ0n) is 12.6. The van der Waals surface area contributed by atoms with E-state index in [1.807, 2.05) is 0 Å². The van der Waals surface area contributed by atoms with E-state index in [1.54, 1.807) is 13.8 Å². The molecule has 0 aromatic carbocycles. The van der Waals surface area contributed by atoms with Crippen molar-refractivity contribution in [1.82, 2.24) is 15.1 Å². The highest BCUT2D eigenvalue weighted by atomic mass is 16.4. The van der Waals surface area contributed by atoms with Gasteiger partial charge in [0.05, 0.1) is 5.69 Å². The molecule has 0 atom stereocenters. The van der Waals surface area contributed by atoms with Gasteiger partial charge in [-0.15, -0.1) is 0 Å². The van der Waals surface area contributed by atoms with Crippen molar-refractivity contribution in [2.24, 2.45) is 7.05 Å². The number of aryl methyl sites for hydroxylation is 2. The van der Waals surface area contributed by atoms with E-state index in [0.29, 0.717) is 30.6 Å². The normalized spacial score (nSPS) is 10.4. The Kier molecular flexibility index (Phi) is 6.08. The van der Waals surface area contributed by atoms with Crippen LogP contribution in [0.25, 0.3) is 0 Å². The maximum atomic E-state index is 12.1. The van der Waals surface area contributed by atoms with Crippen LogP contribution in [0.1, 0.15) is 47.3 Å². The predicted octanol–water partition coefficient (Wildman–Crippen LogP) is 0.772. The highest BCUT2D eigenvalue weighted by molar-refractivity contribution is 5.95. The van der Waals surface area contributed by atoms with Crippen LogP contribution < -0.4 is 10.9 Å². The molecule has 1 aromatic heterocycles. The van der Waals surface area contributed by atoms with Crippen molar-refractivity contribution in [3.05, 3.63) is 27.2 Å². The molecule has 0 saturated carbocycles. The first-order valence-corrected chi connectivity index (χ1v) is 6.89. The lowest BCUT2D eigenvalue weighted by Gasteiger charge is -2.10. The number of nitrogens with zero attached hydrogens (tertiary/aromatic N) is 2. The summed E-state index contributed by atoms with van der Waals surface area (Å²) in [4.78, 5) is 34.4. The van der Waals surface area contributed by atoms with Crippen LogP contribution in [0.2, 0.25) is 0 Å². The number of nitrogens with one attached hydrogen (secondary N) is 1. The van der Waals surface area contributed by atoms with E-state index in [-0.39, 0.29) is 12.0 Å². The van der Waals surface area contributed by atoms with Gasteiger partial charge in [0.1, 0.15) is 5.56 Å². The van der Waals surface area contributed by atoms with Crippen LogP contribution in [0, 0.1) is 13.8 Å². The summed E-state index contributed by atoms with van der Waals surface area (Å²) >= 11 is 0. The molecule has 0 radical (unpaired) electrons. The van der Waals surface area contributed by atoms with Gasteiger partial charge in [0.15, 0.2) is 0 Å². The number of rotatable bonds is 7. The molecule has 116 valence electrons. The quantitative estimate of drug-likeness (QED) is 0.724. The third-order valence-electron chi connectivity index (χ3n) is 3.31. The molecule has 7 nitrogen and oxygen atoms in total. The zero-order valence-corrected chi connectivity index (χ0v) is 12.6. The van der Waals surface area contributed by atoms with Gasteiger partial charge in [-0.05, 0) is 32.3 Å². The largest absolute Gasteiger partial charge is 0.481 e. The van der Waals surface area contributed by atoms with Crippen LogP contribution in [-0.4, -0.2) is 33.3 Å². The minimum atomic E-state index is -0.814. The Morgan fingerprint density at radius 3 is 2.52 bits per heavy atom. The maximum Gasteiger partial charge on any atom is 0.303 e. The molecule has 1 amide bonds. The molecule has 1 aromatic rings. The molecular weight excluding hydrogens is 274 g/mol. The van der Waals surface area contributed by atoms with Crippen molar-refractivity contribution in [3.8, 4) is 0 Å². The topological polar surface area (TPSA) is 101 Å². The van der Waals surface area contributed by atoms with Crippen molar-refractivity contribution in [3.63, 3.8) is 0 Å². The third-order valence-corrected chi connectivity index (χ3v) is 3.31. The van der Waals surface area contributed by atoms with Crippen molar-refractivity contribution in [1.29, 1.82) is 0 Å². The first kappa shape index (κ1) is 16.9. The summed E-state index contributed by atoms with van der Waals surface area (Å²) in [5.74, 6) is -1.22. The number of carbonyl (C=O) groups is 2. The Morgan fingerprint density at radius 2 is 1.90 bits per heavy atom. The van der Waals surface area contributed by atoms with E-state index in [9.17, 15) is 14.4 Å². The van der Waals surface area contributed by atoms with Gasteiger partial charge in [0, 0.05) is 20.0 Å². The van der Waals surface area contributed by atoms with Gasteiger partial charge in [-0.2, -0.15) is 5.10 Å². The second-order valence-electron chi connectivity index (χ2n) is 4.97. The molecule has 0 aliphatic carbocycles. The van der Waals surface area contributed by atoms with E-state index in [0.717, 1.165) is 11.1 Å². The number of carboxylic acids is 1. The summed E-state index contributed by atoms with van der Waals surface area (Å²) in [7, 11) is 1.51. The summed E-state index contributed by atoms with van der Waals surface area (Å²) in [6, 6.07) is 0. The molecular formula is C14H21N3O4. The molecule has 21 heavy (non-hydrogen) atoms. The number of amides is 1. The van der Waals surface area contributed by atoms with Crippen LogP contribution >= 0.6 is 0 Å². The Hall–Kier alpha value is -2.18. The SMILES string of the molecule is Cc1nn(C)c(=O)c(C(=O)NCCCCCC(=O)O)c1C. The van der Waals surface area contributed by atoms with Crippen LogP contribution in [0.5, 0.6) is 0 Å². The molecule has 0 aliphatic rings. The number of carboxylic acid groups (broad SMARTS) is 1. The Balaban J connectivity index is 2.57. The van der Waals surface area contributed by atoms with Crippen LogP contribution in [0.3, 0.4) is 0 Å². The number of hydrogen-bond acceptors (Lipinski definition) is 4. The highest BCUT2D eigenvalue weighted by Gasteiger charge is 2.17. The van der Waals surface area contributed by atoms with Gasteiger partial charge < -0.3 is 10.4 Å². The number of unbranched alkanes of at least 4 members (excludes halogenated alkanes) is 2. The van der Waals surface area contributed by atoms with Gasteiger partial charge in [0.2, 0.25) is 0 Å². The van der Waals surface area contributed by atoms with E-state index < -0.39 is 17.4 Å². The molecule has 0 saturated heterocycles. The molecule has 0 aliphatic heterocycles. The van der Waals surface area contributed by atoms with E-state index in [1.165, 1.54) is 7.05 Å². The van der Waals surface area contributed by atoms with Gasteiger partial charge in [-0.25, -0.2) is 4.68 Å². The standard InChI is InChI=1S/C14H21N3O4/c1-9-10(2)16-17(3)14(21)12(9)13(20)15-8-6-4-5-7-11(18)19/h4-8H2,1-3H3,(H,15,20)(H,18,19). The van der Waals surface area contributed by atoms with E-state index >= 15 is 0 Å². The molecule has 0 spiro atoms. The number of hydrogen-bond donors (Lipinski definition) is 2.